The normalized spacial score (nSPS) is 17.4. The first-order valence-electron chi connectivity index (χ1n) is 5.18. The molecule has 0 unspecified atom stereocenters. The minimum atomic E-state index is -1.86. The number of carbonyl (C=O) groups is 1. The van der Waals surface area contributed by atoms with E-state index in [9.17, 15) is 15.0 Å². The van der Waals surface area contributed by atoms with E-state index in [1.807, 2.05) is 6.07 Å². The van der Waals surface area contributed by atoms with E-state index >= 15 is 0 Å². The summed E-state index contributed by atoms with van der Waals surface area (Å²) in [5, 5.41) is 18.5. The lowest BCUT2D eigenvalue weighted by atomic mass is 10.0. The lowest BCUT2D eigenvalue weighted by Gasteiger charge is -2.19. The van der Waals surface area contributed by atoms with Crippen molar-refractivity contribution < 1.29 is 19.7 Å². The molecule has 0 atom stereocenters. The van der Waals surface area contributed by atoms with Crippen molar-refractivity contribution in [2.45, 2.75) is 12.2 Å². The summed E-state index contributed by atoms with van der Waals surface area (Å²) in [6, 6.07) is 8.70. The van der Waals surface area contributed by atoms with Crippen molar-refractivity contribution in [1.82, 2.24) is 0 Å². The highest BCUT2D eigenvalue weighted by Crippen LogP contribution is 2.19. The standard InChI is InChI=1S/C13H12O4/c14-12(17-11-4-2-1-3-5-11)10-6-8-13(15,16)9-7-10/h1-8,15-16H,9H2. The molecule has 1 aromatic rings. The van der Waals surface area contributed by atoms with Gasteiger partial charge in [-0.25, -0.2) is 4.79 Å². The Kier molecular flexibility index (Phi) is 3.08. The fraction of sp³-hybridized carbons (Fsp3) is 0.154. The van der Waals surface area contributed by atoms with E-state index in [0.717, 1.165) is 6.08 Å². The van der Waals surface area contributed by atoms with Gasteiger partial charge in [-0.15, -0.1) is 0 Å². The van der Waals surface area contributed by atoms with Gasteiger partial charge < -0.3 is 14.9 Å². The van der Waals surface area contributed by atoms with Gasteiger partial charge >= 0.3 is 5.97 Å². The number of esters is 1. The second kappa shape index (κ2) is 4.53. The molecule has 0 bridgehead atoms. The Morgan fingerprint density at radius 2 is 1.94 bits per heavy atom. The summed E-state index contributed by atoms with van der Waals surface area (Å²) < 4.78 is 5.10. The summed E-state index contributed by atoms with van der Waals surface area (Å²) in [5.41, 5.74) is 0.313. The third kappa shape index (κ3) is 3.03. The number of ether oxygens (including phenoxy) is 1. The molecule has 1 aliphatic carbocycles. The molecule has 4 nitrogen and oxygen atoms in total. The average molecular weight is 232 g/mol. The summed E-state index contributed by atoms with van der Waals surface area (Å²) in [7, 11) is 0. The van der Waals surface area contributed by atoms with Crippen molar-refractivity contribution in [3.05, 3.63) is 54.1 Å². The monoisotopic (exact) mass is 232 g/mol. The molecular formula is C13H12O4. The van der Waals surface area contributed by atoms with Crippen LogP contribution in [0.1, 0.15) is 6.42 Å². The third-order valence-corrected chi connectivity index (χ3v) is 2.34. The number of aliphatic hydroxyl groups is 2. The predicted octanol–water partition coefficient (Wildman–Crippen LogP) is 1.16. The first-order chi connectivity index (χ1) is 8.07. The molecule has 2 N–H and O–H groups in total. The molecule has 0 spiro atoms. The van der Waals surface area contributed by atoms with E-state index in [2.05, 4.69) is 0 Å². The van der Waals surface area contributed by atoms with Crippen molar-refractivity contribution in [2.24, 2.45) is 0 Å². The maximum atomic E-state index is 11.7. The third-order valence-electron chi connectivity index (χ3n) is 2.34. The topological polar surface area (TPSA) is 66.8 Å². The van der Waals surface area contributed by atoms with Crippen LogP contribution in [0.25, 0.3) is 0 Å². The highest BCUT2D eigenvalue weighted by molar-refractivity contribution is 5.93. The Hall–Kier alpha value is -1.91. The molecule has 0 amide bonds. The number of hydrogen-bond acceptors (Lipinski definition) is 4. The first kappa shape index (κ1) is 11.6. The second-order valence-corrected chi connectivity index (χ2v) is 3.78. The maximum Gasteiger partial charge on any atom is 0.343 e. The molecule has 0 heterocycles. The SMILES string of the molecule is O=C(Oc1ccccc1)C1=CCC(O)(O)C=C1. The summed E-state index contributed by atoms with van der Waals surface area (Å²) in [4.78, 5) is 11.7. The Labute approximate surface area is 98.5 Å². The summed E-state index contributed by atoms with van der Waals surface area (Å²) in [6.45, 7) is 0. The molecule has 0 aliphatic heterocycles. The molecule has 0 saturated heterocycles. The van der Waals surface area contributed by atoms with Gasteiger partial charge in [0.05, 0.1) is 5.57 Å². The van der Waals surface area contributed by atoms with E-state index < -0.39 is 11.8 Å². The summed E-state index contributed by atoms with van der Waals surface area (Å²) in [6.07, 6.45) is 3.91. The summed E-state index contributed by atoms with van der Waals surface area (Å²) >= 11 is 0. The van der Waals surface area contributed by atoms with Crippen LogP contribution in [0.3, 0.4) is 0 Å². The molecule has 1 aliphatic rings. The number of hydrogen-bond donors (Lipinski definition) is 2. The van der Waals surface area contributed by atoms with E-state index in [0.29, 0.717) is 11.3 Å². The molecule has 1 aromatic carbocycles. The molecule has 0 aromatic heterocycles. The van der Waals surface area contributed by atoms with Gasteiger partial charge in [-0.2, -0.15) is 0 Å². The Balaban J connectivity index is 2.04. The van der Waals surface area contributed by atoms with Gasteiger partial charge in [0.15, 0.2) is 5.79 Å². The lowest BCUT2D eigenvalue weighted by Crippen LogP contribution is -2.27. The van der Waals surface area contributed by atoms with Crippen molar-refractivity contribution in [1.29, 1.82) is 0 Å². The van der Waals surface area contributed by atoms with Crippen LogP contribution in [-0.4, -0.2) is 22.0 Å². The smallest absolute Gasteiger partial charge is 0.343 e. The van der Waals surface area contributed by atoms with Gasteiger partial charge in [0, 0.05) is 6.42 Å². The van der Waals surface area contributed by atoms with Crippen molar-refractivity contribution in [3.63, 3.8) is 0 Å². The lowest BCUT2D eigenvalue weighted by molar-refractivity contribution is -0.130. The van der Waals surface area contributed by atoms with Crippen LogP contribution in [0.2, 0.25) is 0 Å². The van der Waals surface area contributed by atoms with Crippen molar-refractivity contribution >= 4 is 5.97 Å². The Morgan fingerprint density at radius 3 is 2.53 bits per heavy atom. The van der Waals surface area contributed by atoms with E-state index in [-0.39, 0.29) is 6.42 Å². The minimum absolute atomic E-state index is 0.0251. The Morgan fingerprint density at radius 1 is 1.24 bits per heavy atom. The molecule has 0 fully saturated rings. The van der Waals surface area contributed by atoms with Crippen molar-refractivity contribution in [2.75, 3.05) is 0 Å². The highest BCUT2D eigenvalue weighted by atomic mass is 16.5. The number of rotatable bonds is 2. The van der Waals surface area contributed by atoms with Gasteiger partial charge in [0.1, 0.15) is 5.75 Å². The van der Waals surface area contributed by atoms with Crippen LogP contribution >= 0.6 is 0 Å². The van der Waals surface area contributed by atoms with Crippen LogP contribution in [0, 0.1) is 0 Å². The van der Waals surface area contributed by atoms with Crippen LogP contribution in [0.15, 0.2) is 54.1 Å². The van der Waals surface area contributed by atoms with Crippen LogP contribution in [0.4, 0.5) is 0 Å². The highest BCUT2D eigenvalue weighted by Gasteiger charge is 2.23. The predicted molar refractivity (Wildman–Crippen MR) is 61.1 cm³/mol. The average Bonchev–Trinajstić information content (AvgIpc) is 2.30. The van der Waals surface area contributed by atoms with E-state index in [1.165, 1.54) is 12.2 Å². The summed E-state index contributed by atoms with van der Waals surface area (Å²) in [5.74, 6) is -1.92. The van der Waals surface area contributed by atoms with Crippen LogP contribution < -0.4 is 4.74 Å². The zero-order valence-electron chi connectivity index (χ0n) is 9.04. The maximum absolute atomic E-state index is 11.7. The zero-order chi connectivity index (χ0) is 12.3. The molecule has 2 rings (SSSR count). The van der Waals surface area contributed by atoms with Gasteiger partial charge in [0.25, 0.3) is 0 Å². The molecule has 4 heteroatoms. The van der Waals surface area contributed by atoms with Gasteiger partial charge in [-0.3, -0.25) is 0 Å². The van der Waals surface area contributed by atoms with Crippen LogP contribution in [0.5, 0.6) is 5.75 Å². The van der Waals surface area contributed by atoms with E-state index in [4.69, 9.17) is 4.74 Å². The fourth-order valence-electron chi connectivity index (χ4n) is 1.43. The van der Waals surface area contributed by atoms with Crippen molar-refractivity contribution in [3.8, 4) is 5.75 Å². The van der Waals surface area contributed by atoms with Gasteiger partial charge in [0.2, 0.25) is 0 Å². The quantitative estimate of drug-likeness (QED) is 0.456. The zero-order valence-corrected chi connectivity index (χ0v) is 9.04. The number of benzene rings is 1. The van der Waals surface area contributed by atoms with Gasteiger partial charge in [-0.05, 0) is 24.3 Å². The van der Waals surface area contributed by atoms with Gasteiger partial charge in [-0.1, -0.05) is 24.3 Å². The van der Waals surface area contributed by atoms with E-state index in [1.54, 1.807) is 24.3 Å². The largest absolute Gasteiger partial charge is 0.423 e. The fourth-order valence-corrected chi connectivity index (χ4v) is 1.43. The number of para-hydroxylation sites is 1. The molecule has 88 valence electrons. The minimum Gasteiger partial charge on any atom is -0.423 e. The second-order valence-electron chi connectivity index (χ2n) is 3.78. The number of carbonyl (C=O) groups excluding carboxylic acids is 1. The molecule has 17 heavy (non-hydrogen) atoms. The molecular weight excluding hydrogens is 220 g/mol. The van der Waals surface area contributed by atoms with Crippen LogP contribution in [-0.2, 0) is 4.79 Å². The molecule has 0 saturated carbocycles. The molecule has 0 radical (unpaired) electrons. The Bertz CT molecular complexity index is 471. The first-order valence-corrected chi connectivity index (χ1v) is 5.18.